The second-order valence-electron chi connectivity index (χ2n) is 3.17. The van der Waals surface area contributed by atoms with E-state index in [0.29, 0.717) is 5.88 Å². The van der Waals surface area contributed by atoms with Crippen LogP contribution >= 0.6 is 11.6 Å². The Balaban J connectivity index is 3.09. The first-order valence-corrected chi connectivity index (χ1v) is 5.24. The average molecular weight is 207 g/mol. The van der Waals surface area contributed by atoms with E-state index in [1.165, 1.54) is 16.7 Å². The van der Waals surface area contributed by atoms with Gasteiger partial charge in [0.2, 0.25) is 0 Å². The third-order valence-corrected chi connectivity index (χ3v) is 2.50. The van der Waals surface area contributed by atoms with Gasteiger partial charge in [0.05, 0.1) is 0 Å². The molecule has 0 bridgehead atoms. The molecule has 0 N–H and O–H groups in total. The molecule has 0 aliphatic heterocycles. The van der Waals surface area contributed by atoms with Gasteiger partial charge in [-0.3, -0.25) is 0 Å². The van der Waals surface area contributed by atoms with Crippen LogP contribution in [0.2, 0.25) is 0 Å². The third-order valence-electron chi connectivity index (χ3n) is 2.23. The van der Waals surface area contributed by atoms with Crippen molar-refractivity contribution in [3.8, 4) is 0 Å². The van der Waals surface area contributed by atoms with E-state index in [0.717, 1.165) is 12.8 Å². The van der Waals surface area contributed by atoms with E-state index >= 15 is 0 Å². The van der Waals surface area contributed by atoms with Crippen molar-refractivity contribution in [3.05, 3.63) is 60.2 Å². The van der Waals surface area contributed by atoms with E-state index in [1.54, 1.807) is 0 Å². The standard InChI is InChI=1S/C13H15Cl/c1-3-6-11-8-5-9-12(7-4-2)13(11)10-14/h3-5,8-9H,1-2,6-7,10H2. The molecule has 0 fully saturated rings. The minimum absolute atomic E-state index is 0.563. The summed E-state index contributed by atoms with van der Waals surface area (Å²) in [6.07, 6.45) is 5.58. The van der Waals surface area contributed by atoms with Crippen LogP contribution in [0, 0.1) is 0 Å². The number of hydrogen-bond donors (Lipinski definition) is 0. The first-order valence-electron chi connectivity index (χ1n) is 4.70. The average Bonchev–Trinajstić information content (AvgIpc) is 2.19. The first-order chi connectivity index (χ1) is 6.83. The van der Waals surface area contributed by atoms with Crippen molar-refractivity contribution < 1.29 is 0 Å². The smallest absolute Gasteiger partial charge is 0.0479 e. The molecule has 0 nitrogen and oxygen atoms in total. The predicted octanol–water partition coefficient (Wildman–Crippen LogP) is 3.88. The molecule has 1 aromatic carbocycles. The van der Waals surface area contributed by atoms with Crippen molar-refractivity contribution in [1.29, 1.82) is 0 Å². The fraction of sp³-hybridized carbons (Fsp3) is 0.231. The van der Waals surface area contributed by atoms with Crippen LogP contribution in [0.4, 0.5) is 0 Å². The van der Waals surface area contributed by atoms with Crippen LogP contribution in [0.15, 0.2) is 43.5 Å². The van der Waals surface area contributed by atoms with Crippen molar-refractivity contribution in [1.82, 2.24) is 0 Å². The van der Waals surface area contributed by atoms with Crippen molar-refractivity contribution in [3.63, 3.8) is 0 Å². The summed E-state index contributed by atoms with van der Waals surface area (Å²) in [6, 6.07) is 6.27. The number of hydrogen-bond acceptors (Lipinski definition) is 0. The second kappa shape index (κ2) is 5.66. The van der Waals surface area contributed by atoms with Gasteiger partial charge in [-0.05, 0) is 29.5 Å². The highest BCUT2D eigenvalue weighted by Gasteiger charge is 2.04. The van der Waals surface area contributed by atoms with Gasteiger partial charge in [-0.15, -0.1) is 24.8 Å². The number of halogens is 1. The fourth-order valence-corrected chi connectivity index (χ4v) is 1.90. The summed E-state index contributed by atoms with van der Waals surface area (Å²) in [5.74, 6) is 0.563. The van der Waals surface area contributed by atoms with E-state index in [1.807, 2.05) is 12.2 Å². The molecule has 0 aliphatic carbocycles. The van der Waals surface area contributed by atoms with Gasteiger partial charge < -0.3 is 0 Å². The SMILES string of the molecule is C=CCc1cccc(CC=C)c1CCl. The van der Waals surface area contributed by atoms with E-state index in [9.17, 15) is 0 Å². The maximum absolute atomic E-state index is 5.94. The van der Waals surface area contributed by atoms with E-state index in [4.69, 9.17) is 11.6 Å². The number of benzene rings is 1. The van der Waals surface area contributed by atoms with Crippen molar-refractivity contribution >= 4 is 11.6 Å². The minimum atomic E-state index is 0.563. The molecular formula is C13H15Cl. The summed E-state index contributed by atoms with van der Waals surface area (Å²) < 4.78 is 0. The second-order valence-corrected chi connectivity index (χ2v) is 3.44. The van der Waals surface area contributed by atoms with Gasteiger partial charge in [0.1, 0.15) is 0 Å². The van der Waals surface area contributed by atoms with Gasteiger partial charge in [0.25, 0.3) is 0 Å². The molecule has 0 saturated heterocycles. The summed E-state index contributed by atoms with van der Waals surface area (Å²) in [5.41, 5.74) is 3.78. The van der Waals surface area contributed by atoms with E-state index in [-0.39, 0.29) is 0 Å². The summed E-state index contributed by atoms with van der Waals surface area (Å²) in [7, 11) is 0. The Labute approximate surface area is 90.9 Å². The van der Waals surface area contributed by atoms with Crippen LogP contribution < -0.4 is 0 Å². The monoisotopic (exact) mass is 206 g/mol. The lowest BCUT2D eigenvalue weighted by molar-refractivity contribution is 1.12. The zero-order valence-electron chi connectivity index (χ0n) is 8.30. The highest BCUT2D eigenvalue weighted by molar-refractivity contribution is 6.17. The zero-order valence-corrected chi connectivity index (χ0v) is 9.06. The largest absolute Gasteiger partial charge is 0.122 e. The molecule has 0 atom stereocenters. The Morgan fingerprint density at radius 3 is 1.93 bits per heavy atom. The van der Waals surface area contributed by atoms with Crippen molar-refractivity contribution in [2.45, 2.75) is 18.7 Å². The zero-order chi connectivity index (χ0) is 10.4. The quantitative estimate of drug-likeness (QED) is 0.507. The van der Waals surface area contributed by atoms with Crippen LogP contribution in [-0.2, 0) is 18.7 Å². The molecule has 0 saturated carbocycles. The minimum Gasteiger partial charge on any atom is -0.122 e. The van der Waals surface area contributed by atoms with E-state index in [2.05, 4.69) is 31.4 Å². The lowest BCUT2D eigenvalue weighted by atomic mass is 9.98. The maximum atomic E-state index is 5.94. The van der Waals surface area contributed by atoms with Gasteiger partial charge in [0, 0.05) is 5.88 Å². The predicted molar refractivity (Wildman–Crippen MR) is 63.8 cm³/mol. The normalized spacial score (nSPS) is 9.79. The molecule has 0 unspecified atom stereocenters. The summed E-state index contributed by atoms with van der Waals surface area (Å²) >= 11 is 5.94. The van der Waals surface area contributed by atoms with Gasteiger partial charge >= 0.3 is 0 Å². The van der Waals surface area contributed by atoms with Gasteiger partial charge in [-0.25, -0.2) is 0 Å². The molecule has 0 amide bonds. The van der Waals surface area contributed by atoms with Gasteiger partial charge in [-0.2, -0.15) is 0 Å². The molecule has 1 aromatic rings. The van der Waals surface area contributed by atoms with Gasteiger partial charge in [0.15, 0.2) is 0 Å². The number of rotatable bonds is 5. The molecule has 14 heavy (non-hydrogen) atoms. The molecule has 74 valence electrons. The summed E-state index contributed by atoms with van der Waals surface area (Å²) in [4.78, 5) is 0. The Bertz CT molecular complexity index is 298. The van der Waals surface area contributed by atoms with Gasteiger partial charge in [-0.1, -0.05) is 30.4 Å². The maximum Gasteiger partial charge on any atom is 0.0479 e. The van der Waals surface area contributed by atoms with Crippen LogP contribution in [-0.4, -0.2) is 0 Å². The fourth-order valence-electron chi connectivity index (χ4n) is 1.55. The topological polar surface area (TPSA) is 0 Å². The lowest BCUT2D eigenvalue weighted by Crippen LogP contribution is -1.96. The summed E-state index contributed by atoms with van der Waals surface area (Å²) in [5, 5.41) is 0. The summed E-state index contributed by atoms with van der Waals surface area (Å²) in [6.45, 7) is 7.49. The van der Waals surface area contributed by atoms with Crippen molar-refractivity contribution in [2.24, 2.45) is 0 Å². The van der Waals surface area contributed by atoms with Crippen molar-refractivity contribution in [2.75, 3.05) is 0 Å². The Morgan fingerprint density at radius 1 is 1.07 bits per heavy atom. The molecule has 0 radical (unpaired) electrons. The molecule has 1 rings (SSSR count). The molecular weight excluding hydrogens is 192 g/mol. The lowest BCUT2D eigenvalue weighted by Gasteiger charge is -2.09. The Kier molecular flexibility index (Phi) is 4.48. The molecule has 0 heterocycles. The molecule has 1 heteroatoms. The third kappa shape index (κ3) is 2.49. The molecule has 0 spiro atoms. The molecule has 0 aromatic heterocycles. The highest BCUT2D eigenvalue weighted by atomic mass is 35.5. The van der Waals surface area contributed by atoms with Crippen LogP contribution in [0.25, 0.3) is 0 Å². The Hall–Kier alpha value is -1.01. The highest BCUT2D eigenvalue weighted by Crippen LogP contribution is 2.19. The van der Waals surface area contributed by atoms with E-state index < -0.39 is 0 Å². The number of alkyl halides is 1. The molecule has 0 aliphatic rings. The van der Waals surface area contributed by atoms with Crippen LogP contribution in [0.3, 0.4) is 0 Å². The Morgan fingerprint density at radius 2 is 1.57 bits per heavy atom. The number of allylic oxidation sites excluding steroid dienone is 2. The van der Waals surface area contributed by atoms with Crippen LogP contribution in [0.1, 0.15) is 16.7 Å². The first kappa shape index (κ1) is 11.1. The van der Waals surface area contributed by atoms with Crippen LogP contribution in [0.5, 0.6) is 0 Å².